The number of sulfonamides is 1. The summed E-state index contributed by atoms with van der Waals surface area (Å²) >= 11 is 5.72. The number of amides is 2. The maximum Gasteiger partial charge on any atom is 0.356 e. The molecule has 98 valence electrons. The molecule has 1 aromatic carbocycles. The van der Waals surface area contributed by atoms with E-state index in [-0.39, 0.29) is 10.6 Å². The van der Waals surface area contributed by atoms with E-state index in [1.54, 1.807) is 6.07 Å². The van der Waals surface area contributed by atoms with E-state index in [1.807, 2.05) is 6.92 Å². The van der Waals surface area contributed by atoms with Crippen LogP contribution in [0.1, 0.15) is 6.92 Å². The lowest BCUT2D eigenvalue weighted by molar-refractivity contribution is 0.260. The molecule has 0 aliphatic heterocycles. The average molecular weight is 305 g/mol. The van der Waals surface area contributed by atoms with Crippen molar-refractivity contribution in [1.29, 1.82) is 0 Å². The predicted molar refractivity (Wildman–Crippen MR) is 73.0 cm³/mol. The quantitative estimate of drug-likeness (QED) is 0.824. The SMILES string of the molecule is CCSc1ccc(S(N)(=O)=O)c(NC(=O)N=S)c1. The second kappa shape index (κ2) is 6.23. The standard InChI is InChI=1S/C9H11N3O3S3/c1-2-17-6-3-4-8(18(10,14)15)7(5-6)11-9(13)12-16/h3-5H,2H2,1H3,(H,11,13)(H2,10,14,15). The third-order valence-corrected chi connectivity index (χ3v) is 3.90. The molecule has 0 saturated carbocycles. The molecule has 0 saturated heterocycles. The Morgan fingerprint density at radius 3 is 2.72 bits per heavy atom. The Labute approximate surface area is 115 Å². The molecule has 3 N–H and O–H groups in total. The summed E-state index contributed by atoms with van der Waals surface area (Å²) in [7, 11) is -3.92. The number of urea groups is 1. The van der Waals surface area contributed by atoms with Gasteiger partial charge < -0.3 is 5.32 Å². The second-order valence-corrected chi connectivity index (χ2v) is 6.21. The number of benzene rings is 1. The summed E-state index contributed by atoms with van der Waals surface area (Å²) < 4.78 is 25.7. The van der Waals surface area contributed by atoms with Crippen molar-refractivity contribution in [2.24, 2.45) is 9.50 Å². The lowest BCUT2D eigenvalue weighted by Gasteiger charge is -2.09. The van der Waals surface area contributed by atoms with Crippen molar-refractivity contribution >= 4 is 45.9 Å². The van der Waals surface area contributed by atoms with Crippen LogP contribution in [-0.4, -0.2) is 20.2 Å². The van der Waals surface area contributed by atoms with Crippen LogP contribution in [0.25, 0.3) is 0 Å². The zero-order valence-electron chi connectivity index (χ0n) is 9.41. The Balaban J connectivity index is 3.26. The number of hydrogen-bond acceptors (Lipinski definition) is 5. The summed E-state index contributed by atoms with van der Waals surface area (Å²) in [5.74, 6) is 0.813. The first-order chi connectivity index (χ1) is 8.38. The second-order valence-electron chi connectivity index (χ2n) is 3.16. The molecule has 18 heavy (non-hydrogen) atoms. The molecule has 0 aliphatic carbocycles. The van der Waals surface area contributed by atoms with Crippen molar-refractivity contribution in [1.82, 2.24) is 0 Å². The monoisotopic (exact) mass is 305 g/mol. The van der Waals surface area contributed by atoms with Crippen LogP contribution in [0.3, 0.4) is 0 Å². The van der Waals surface area contributed by atoms with Crippen molar-refractivity contribution in [3.05, 3.63) is 18.2 Å². The lowest BCUT2D eigenvalue weighted by Crippen LogP contribution is -2.16. The van der Waals surface area contributed by atoms with Crippen LogP contribution in [0.2, 0.25) is 0 Å². The van der Waals surface area contributed by atoms with E-state index in [4.69, 9.17) is 5.14 Å². The highest BCUT2D eigenvalue weighted by atomic mass is 32.2. The van der Waals surface area contributed by atoms with E-state index in [0.29, 0.717) is 0 Å². The fraction of sp³-hybridized carbons (Fsp3) is 0.222. The summed E-state index contributed by atoms with van der Waals surface area (Å²) in [6, 6.07) is 3.67. The molecule has 0 heterocycles. The Morgan fingerprint density at radius 1 is 1.56 bits per heavy atom. The van der Waals surface area contributed by atoms with Gasteiger partial charge in [0.25, 0.3) is 0 Å². The molecule has 0 spiro atoms. The third-order valence-electron chi connectivity index (χ3n) is 1.89. The molecule has 2 amide bonds. The molecule has 0 aromatic heterocycles. The fourth-order valence-electron chi connectivity index (χ4n) is 1.25. The zero-order chi connectivity index (χ0) is 13.8. The third kappa shape index (κ3) is 4.02. The molecular formula is C9H11N3O3S3. The van der Waals surface area contributed by atoms with Crippen LogP contribution in [0.5, 0.6) is 0 Å². The minimum atomic E-state index is -3.92. The number of anilines is 1. The molecular weight excluding hydrogens is 294 g/mol. The maximum atomic E-state index is 11.4. The number of nitrogens with one attached hydrogen (secondary N) is 1. The summed E-state index contributed by atoms with van der Waals surface area (Å²) in [6.07, 6.45) is 0. The minimum absolute atomic E-state index is 0.0783. The number of carbonyl (C=O) groups excluding carboxylic acids is 1. The van der Waals surface area contributed by atoms with Gasteiger partial charge in [0, 0.05) is 17.3 Å². The molecule has 6 nitrogen and oxygen atoms in total. The van der Waals surface area contributed by atoms with Gasteiger partial charge in [-0.3, -0.25) is 0 Å². The molecule has 1 rings (SSSR count). The van der Waals surface area contributed by atoms with E-state index in [1.165, 1.54) is 23.9 Å². The van der Waals surface area contributed by atoms with Gasteiger partial charge in [0.2, 0.25) is 10.0 Å². The van der Waals surface area contributed by atoms with E-state index < -0.39 is 16.1 Å². The van der Waals surface area contributed by atoms with Gasteiger partial charge in [0.15, 0.2) is 0 Å². The van der Waals surface area contributed by atoms with Crippen LogP contribution >= 0.6 is 11.8 Å². The highest BCUT2D eigenvalue weighted by molar-refractivity contribution is 7.99. The normalized spacial score (nSPS) is 11.0. The number of rotatable bonds is 4. The van der Waals surface area contributed by atoms with Crippen LogP contribution in [0, 0.1) is 0 Å². The largest absolute Gasteiger partial charge is 0.356 e. The fourth-order valence-corrected chi connectivity index (χ4v) is 2.67. The van der Waals surface area contributed by atoms with Gasteiger partial charge in [-0.05, 0) is 24.0 Å². The highest BCUT2D eigenvalue weighted by Gasteiger charge is 2.16. The Kier molecular flexibility index (Phi) is 5.20. The molecule has 0 unspecified atom stereocenters. The topological polar surface area (TPSA) is 102 Å². The maximum absolute atomic E-state index is 11.4. The van der Waals surface area contributed by atoms with Crippen molar-refractivity contribution in [3.8, 4) is 0 Å². The highest BCUT2D eigenvalue weighted by Crippen LogP contribution is 2.27. The van der Waals surface area contributed by atoms with Crippen molar-refractivity contribution in [2.45, 2.75) is 16.7 Å². The van der Waals surface area contributed by atoms with Gasteiger partial charge in [0.1, 0.15) is 4.90 Å². The first-order valence-electron chi connectivity index (χ1n) is 4.82. The van der Waals surface area contributed by atoms with Gasteiger partial charge in [-0.1, -0.05) is 6.92 Å². The van der Waals surface area contributed by atoms with Crippen molar-refractivity contribution < 1.29 is 13.2 Å². The van der Waals surface area contributed by atoms with Gasteiger partial charge in [-0.15, -0.1) is 16.1 Å². The van der Waals surface area contributed by atoms with Crippen LogP contribution < -0.4 is 10.5 Å². The van der Waals surface area contributed by atoms with Gasteiger partial charge >= 0.3 is 6.03 Å². The molecule has 0 radical (unpaired) electrons. The van der Waals surface area contributed by atoms with Crippen molar-refractivity contribution in [2.75, 3.05) is 11.1 Å². The smallest absolute Gasteiger partial charge is 0.304 e. The number of primary sulfonamides is 1. The number of thioether (sulfide) groups is 1. The molecule has 0 fully saturated rings. The van der Waals surface area contributed by atoms with Crippen LogP contribution in [0.4, 0.5) is 10.5 Å². The van der Waals surface area contributed by atoms with E-state index in [0.717, 1.165) is 10.6 Å². The van der Waals surface area contributed by atoms with E-state index in [2.05, 4.69) is 22.1 Å². The Bertz CT molecular complexity index is 572. The number of hydrogen-bond donors (Lipinski definition) is 2. The van der Waals surface area contributed by atoms with Crippen LogP contribution in [-0.2, 0) is 22.4 Å². The summed E-state index contributed by atoms with van der Waals surface area (Å²) in [5, 5.41) is 7.34. The first kappa shape index (κ1) is 15.0. The van der Waals surface area contributed by atoms with E-state index >= 15 is 0 Å². The van der Waals surface area contributed by atoms with E-state index in [9.17, 15) is 13.2 Å². The molecule has 9 heteroatoms. The van der Waals surface area contributed by atoms with Crippen LogP contribution in [0.15, 0.2) is 32.4 Å². The molecule has 0 bridgehead atoms. The lowest BCUT2D eigenvalue weighted by atomic mass is 10.3. The zero-order valence-corrected chi connectivity index (χ0v) is 11.9. The Morgan fingerprint density at radius 2 is 2.22 bits per heavy atom. The first-order valence-corrected chi connectivity index (χ1v) is 7.72. The predicted octanol–water partition coefficient (Wildman–Crippen LogP) is 1.71. The van der Waals surface area contributed by atoms with Gasteiger partial charge in [-0.25, -0.2) is 18.4 Å². The summed E-state index contributed by atoms with van der Waals surface area (Å²) in [5.41, 5.74) is 0.0783. The molecule has 0 aliphatic rings. The number of nitrogens with zero attached hydrogens (tertiary/aromatic N) is 1. The molecule has 0 atom stereocenters. The van der Waals surface area contributed by atoms with Crippen molar-refractivity contribution in [3.63, 3.8) is 0 Å². The summed E-state index contributed by atoms with van der Waals surface area (Å²) in [6.45, 7) is 1.95. The Hall–Kier alpha value is -1.03. The number of carbonyl (C=O) groups is 1. The van der Waals surface area contributed by atoms with Gasteiger partial charge in [-0.2, -0.15) is 0 Å². The minimum Gasteiger partial charge on any atom is -0.304 e. The summed E-state index contributed by atoms with van der Waals surface area (Å²) in [4.78, 5) is 11.7. The molecule has 1 aromatic rings. The average Bonchev–Trinajstić information content (AvgIpc) is 2.28. The van der Waals surface area contributed by atoms with Gasteiger partial charge in [0.05, 0.1) is 5.69 Å². The number of nitrogens with two attached hydrogens (primary N) is 1.